The molecule has 4 saturated heterocycles. The normalized spacial score (nSPS) is 20.2. The number of sulfonamides is 2. The van der Waals surface area contributed by atoms with Crippen LogP contribution in [0.15, 0.2) is 152 Å². The molecule has 0 radical (unpaired) electrons. The van der Waals surface area contributed by atoms with E-state index in [-0.39, 0.29) is 69.3 Å². The van der Waals surface area contributed by atoms with Gasteiger partial charge in [-0.2, -0.15) is 53.3 Å². The molecule has 4 fully saturated rings. The number of piperidine rings is 2. The van der Waals surface area contributed by atoms with Crippen molar-refractivity contribution in [3.8, 4) is 23.3 Å². The van der Waals surface area contributed by atoms with Crippen molar-refractivity contribution in [2.24, 2.45) is 11.5 Å². The summed E-state index contributed by atoms with van der Waals surface area (Å²) in [5, 5.41) is 15.1. The summed E-state index contributed by atoms with van der Waals surface area (Å²) >= 11 is 18.1. The van der Waals surface area contributed by atoms with E-state index in [1.165, 1.54) is 107 Å². The van der Waals surface area contributed by atoms with E-state index < -0.39 is 91.2 Å². The monoisotopic (exact) mass is 1540 g/mol. The number of amides is 2. The second-order valence-electron chi connectivity index (χ2n) is 21.5. The quantitative estimate of drug-likeness (QED) is 0.0491. The number of aromatic nitrogens is 2. The van der Waals surface area contributed by atoms with Gasteiger partial charge in [-0.25, -0.2) is 36.4 Å². The molecule has 0 saturated carbocycles. The maximum Gasteiger partial charge on any atom is 0.490 e. The Morgan fingerprint density at radius 3 is 1.02 bits per heavy atom. The lowest BCUT2D eigenvalue weighted by Crippen LogP contribution is -2.60. The van der Waals surface area contributed by atoms with Crippen LogP contribution in [-0.4, -0.2) is 131 Å². The highest BCUT2D eigenvalue weighted by atomic mass is 79.9. The number of rotatable bonds is 16. The molecule has 2 amide bonds. The largest absolute Gasteiger partial charge is 0.490 e. The molecule has 0 spiro atoms. The van der Waals surface area contributed by atoms with Crippen LogP contribution in [0.25, 0.3) is 0 Å². The average molecular weight is 1540 g/mol. The lowest BCUT2D eigenvalue weighted by Gasteiger charge is -2.41. The van der Waals surface area contributed by atoms with Crippen LogP contribution in [-0.2, 0) is 51.1 Å². The number of hydrogen-bond acceptors (Lipinski definition) is 14. The van der Waals surface area contributed by atoms with Gasteiger partial charge >= 0.3 is 24.3 Å². The predicted molar refractivity (Wildman–Crippen MR) is 325 cm³/mol. The Hall–Kier alpha value is -6.76. The first kappa shape index (κ1) is 74.6. The molecule has 4 bridgehead atoms. The van der Waals surface area contributed by atoms with Gasteiger partial charge in [0.05, 0.1) is 19.8 Å². The molecule has 6 aromatic rings. The van der Waals surface area contributed by atoms with Gasteiger partial charge in [0.15, 0.2) is 12.1 Å². The zero-order chi connectivity index (χ0) is 69.5. The Bertz CT molecular complexity index is 3590. The Labute approximate surface area is 556 Å². The summed E-state index contributed by atoms with van der Waals surface area (Å²) in [7, 11) is -9.13. The number of carbonyl (C=O) groups excluding carboxylic acids is 2. The third-order valence-corrected chi connectivity index (χ3v) is 19.3. The van der Waals surface area contributed by atoms with Gasteiger partial charge in [0, 0.05) is 80.8 Å². The molecule has 4 aromatic carbocycles. The third-order valence-electron chi connectivity index (χ3n) is 14.9. The van der Waals surface area contributed by atoms with E-state index >= 15 is 17.6 Å². The molecule has 36 heteroatoms. The molecule has 508 valence electrons. The standard InChI is InChI=1S/2C27H26BrClF2N4O4S.2C2HF3O2/c2*28-17-3-1-16(2-4-17)27(30,31)25(26(36)35-20-6-7-21(35)14-19(32)13-20)34-40(37,38)23-10-8-22(9-11-23)39-24-12-5-18(29)15-33-24;2*3-2(4,5)1(6)7/h2*1-5,8-12,15,19-21,25,34H,6-7,13-14,32H2;2*(H,6,7)/t2*19?,20?,21?,25-;;/m10../s1. The zero-order valence-corrected chi connectivity index (χ0v) is 54.3. The van der Waals surface area contributed by atoms with Gasteiger partial charge in [0.2, 0.25) is 43.6 Å². The van der Waals surface area contributed by atoms with Crippen molar-refractivity contribution in [2.75, 3.05) is 0 Å². The number of nitrogens with two attached hydrogens (primary N) is 2. The fourth-order valence-corrected chi connectivity index (χ4v) is 13.7. The van der Waals surface area contributed by atoms with E-state index in [0.29, 0.717) is 70.4 Å². The van der Waals surface area contributed by atoms with Crippen LogP contribution in [0.1, 0.15) is 62.5 Å². The molecule has 10 rings (SSSR count). The minimum absolute atomic E-state index is 0.132. The molecule has 6 heterocycles. The van der Waals surface area contributed by atoms with Crippen LogP contribution in [0.4, 0.5) is 43.9 Å². The maximum absolute atomic E-state index is 16.0. The molecule has 6 atom stereocenters. The van der Waals surface area contributed by atoms with Crippen LogP contribution in [0.5, 0.6) is 23.3 Å². The number of ether oxygens (including phenoxy) is 2. The number of alkyl halides is 10. The van der Waals surface area contributed by atoms with Gasteiger partial charge in [0.25, 0.3) is 11.8 Å². The fourth-order valence-electron chi connectivity index (χ4n) is 10.6. The Morgan fingerprint density at radius 1 is 0.500 bits per heavy atom. The number of halogens is 14. The number of aliphatic carboxylic acids is 2. The Balaban J connectivity index is 0.000000221. The van der Waals surface area contributed by atoms with Crippen LogP contribution < -0.4 is 30.4 Å². The van der Waals surface area contributed by atoms with E-state index in [2.05, 4.69) is 41.8 Å². The van der Waals surface area contributed by atoms with E-state index in [1.54, 1.807) is 12.1 Å². The summed E-state index contributed by atoms with van der Waals surface area (Å²) in [5.74, 6) is -14.2. The van der Waals surface area contributed by atoms with Crippen LogP contribution >= 0.6 is 55.1 Å². The number of carbonyl (C=O) groups is 4. The topological polar surface area (TPSA) is 304 Å². The van der Waals surface area contributed by atoms with Crippen molar-refractivity contribution in [1.82, 2.24) is 29.2 Å². The summed E-state index contributed by atoms with van der Waals surface area (Å²) in [6.45, 7) is 0. The third kappa shape index (κ3) is 19.3. The van der Waals surface area contributed by atoms with Crippen LogP contribution in [0, 0.1) is 0 Å². The first-order valence-corrected chi connectivity index (χ1v) is 32.9. The SMILES string of the molecule is NC1CC2CCC(C1)N2C(=O)[C@@H](NS(=O)(=O)c1ccc(Oc2ccc(Cl)cn2)cc1)C(F)(F)c1ccc(Br)cc1.NC1CC2CCC(C1)N2C(=O)[C@H](NS(=O)(=O)c1ccc(Oc2ccc(Cl)cn2)cc1)C(F)(F)c1ccc(Br)cc1.O=C(O)C(F)(F)F.O=C(O)C(F)(F)F. The average Bonchev–Trinajstić information content (AvgIpc) is 0.889. The minimum Gasteiger partial charge on any atom is -0.475 e. The van der Waals surface area contributed by atoms with Gasteiger partial charge in [-0.3, -0.25) is 9.59 Å². The molecule has 4 unspecified atom stereocenters. The van der Waals surface area contributed by atoms with Gasteiger partial charge in [-0.15, -0.1) is 0 Å². The first-order valence-electron chi connectivity index (χ1n) is 27.6. The highest BCUT2D eigenvalue weighted by Crippen LogP contribution is 2.43. The lowest BCUT2D eigenvalue weighted by molar-refractivity contribution is -0.193. The number of carboxylic acids is 2. The van der Waals surface area contributed by atoms with E-state index in [0.717, 1.165) is 24.3 Å². The second-order valence-corrected chi connectivity index (χ2v) is 27.6. The van der Waals surface area contributed by atoms with Crippen LogP contribution in [0.3, 0.4) is 0 Å². The summed E-state index contributed by atoms with van der Waals surface area (Å²) in [6, 6.07) is 20.6. The molecule has 2 aromatic heterocycles. The summed E-state index contributed by atoms with van der Waals surface area (Å²) in [4.78, 5) is 55.6. The van der Waals surface area contributed by atoms with Crippen molar-refractivity contribution >= 4 is 98.9 Å². The Kier molecular flexibility index (Phi) is 24.2. The molecular formula is C58H54Br2Cl2F10N8O12S2. The molecule has 4 aliphatic heterocycles. The zero-order valence-electron chi connectivity index (χ0n) is 48.0. The number of hydrogen-bond donors (Lipinski definition) is 6. The smallest absolute Gasteiger partial charge is 0.475 e. The maximum atomic E-state index is 16.0. The van der Waals surface area contributed by atoms with Crippen molar-refractivity contribution in [3.05, 3.63) is 164 Å². The van der Waals surface area contributed by atoms with E-state index in [9.17, 15) is 52.8 Å². The number of nitrogens with zero attached hydrogens (tertiary/aromatic N) is 4. The van der Waals surface area contributed by atoms with Gasteiger partial charge in [0.1, 0.15) is 11.5 Å². The van der Waals surface area contributed by atoms with Gasteiger partial charge in [-0.1, -0.05) is 79.3 Å². The van der Waals surface area contributed by atoms with E-state index in [4.69, 9.17) is 63.9 Å². The number of benzene rings is 4. The number of carboxylic acid groups (broad SMARTS) is 2. The van der Waals surface area contributed by atoms with Crippen molar-refractivity contribution in [1.29, 1.82) is 0 Å². The van der Waals surface area contributed by atoms with E-state index in [1.807, 2.05) is 9.44 Å². The molecule has 94 heavy (non-hydrogen) atoms. The van der Waals surface area contributed by atoms with Crippen molar-refractivity contribution in [2.45, 2.75) is 134 Å². The van der Waals surface area contributed by atoms with Gasteiger partial charge in [-0.05, 0) is 136 Å². The molecular weight excluding hydrogens is 1490 g/mol. The second kappa shape index (κ2) is 30.5. The fraction of sp³-hybridized carbons (Fsp3) is 0.345. The predicted octanol–water partition coefficient (Wildman–Crippen LogP) is 11.7. The van der Waals surface area contributed by atoms with Gasteiger partial charge < -0.3 is 41.0 Å². The highest BCUT2D eigenvalue weighted by molar-refractivity contribution is 9.10. The molecule has 4 aliphatic rings. The first-order chi connectivity index (χ1) is 43.8. The summed E-state index contributed by atoms with van der Waals surface area (Å²) in [6.07, 6.45) is -2.91. The summed E-state index contributed by atoms with van der Waals surface area (Å²) < 4.78 is 198. The van der Waals surface area contributed by atoms with Crippen molar-refractivity contribution in [3.63, 3.8) is 0 Å². The Morgan fingerprint density at radius 2 is 0.777 bits per heavy atom. The molecule has 20 nitrogen and oxygen atoms in total. The van der Waals surface area contributed by atoms with Crippen molar-refractivity contribution < 1.29 is 99.6 Å². The number of nitrogens with one attached hydrogen (secondary N) is 2. The molecule has 0 aliphatic carbocycles. The minimum atomic E-state index is -5.08. The highest BCUT2D eigenvalue weighted by Gasteiger charge is 2.56. The number of fused-ring (bicyclic) bond motifs is 4. The lowest BCUT2D eigenvalue weighted by atomic mass is 9.95. The van der Waals surface area contributed by atoms with Crippen LogP contribution in [0.2, 0.25) is 10.0 Å². The number of pyridine rings is 2. The summed E-state index contributed by atoms with van der Waals surface area (Å²) in [5.41, 5.74) is 11.2. The molecule has 8 N–H and O–H groups in total.